The van der Waals surface area contributed by atoms with Crippen molar-refractivity contribution in [2.45, 2.75) is 50.7 Å². The molecule has 2 aromatic heterocycles. The minimum atomic E-state index is -0.153. The molecule has 4 rings (SSSR count). The number of aliphatic hydroxyl groups is 1. The smallest absolute Gasteiger partial charge is 0.241 e. The van der Waals surface area contributed by atoms with Crippen LogP contribution in [-0.2, 0) is 0 Å². The summed E-state index contributed by atoms with van der Waals surface area (Å²) in [6.07, 6.45) is 5.41. The Kier molecular flexibility index (Phi) is 4.96. The Morgan fingerprint density at radius 2 is 1.92 bits per heavy atom. The van der Waals surface area contributed by atoms with E-state index in [0.29, 0.717) is 11.9 Å². The fraction of sp³-hybridized carbons (Fsp3) is 0.400. The van der Waals surface area contributed by atoms with Crippen LogP contribution < -0.4 is 5.32 Å². The highest BCUT2D eigenvalue weighted by Crippen LogP contribution is 2.36. The van der Waals surface area contributed by atoms with Crippen LogP contribution in [0.15, 0.2) is 47.1 Å². The number of hydrogen-bond donors (Lipinski definition) is 2. The molecule has 1 fully saturated rings. The molecule has 6 heteroatoms. The number of rotatable bonds is 4. The standard InChI is InChI=1S/C20H23BrN4O/c1-13(14-5-3-2-4-6-14)23-20-22-12-19-17(21)11-18(25(19)24-20)15-7-9-16(26)10-8-15/h2-6,11-13,15-16,26H,7-10H2,1H3,(H,23,24)/t13-,15?,16?/m0/s1. The largest absolute Gasteiger partial charge is 0.393 e. The summed E-state index contributed by atoms with van der Waals surface area (Å²) in [5, 5.41) is 17.9. The average molecular weight is 415 g/mol. The van der Waals surface area contributed by atoms with Crippen LogP contribution in [0.3, 0.4) is 0 Å². The molecule has 0 unspecified atom stereocenters. The topological polar surface area (TPSA) is 62.5 Å². The molecule has 0 aliphatic heterocycles. The average Bonchev–Trinajstić information content (AvgIpc) is 2.99. The van der Waals surface area contributed by atoms with Gasteiger partial charge >= 0.3 is 0 Å². The third-order valence-electron chi connectivity index (χ3n) is 5.26. The molecule has 0 amide bonds. The first-order valence-corrected chi connectivity index (χ1v) is 9.95. The van der Waals surface area contributed by atoms with Crippen LogP contribution >= 0.6 is 15.9 Å². The predicted octanol–water partition coefficient (Wildman–Crippen LogP) is 4.68. The molecular weight excluding hydrogens is 392 g/mol. The van der Waals surface area contributed by atoms with Gasteiger partial charge in [-0.1, -0.05) is 30.3 Å². The summed E-state index contributed by atoms with van der Waals surface area (Å²) < 4.78 is 3.01. The molecule has 0 radical (unpaired) electrons. The maximum atomic E-state index is 9.79. The van der Waals surface area contributed by atoms with Gasteiger partial charge < -0.3 is 10.4 Å². The quantitative estimate of drug-likeness (QED) is 0.650. The molecule has 1 aliphatic carbocycles. The number of anilines is 1. The highest BCUT2D eigenvalue weighted by molar-refractivity contribution is 9.10. The van der Waals surface area contributed by atoms with Crippen molar-refractivity contribution < 1.29 is 5.11 Å². The number of aromatic nitrogens is 3. The Labute approximate surface area is 161 Å². The van der Waals surface area contributed by atoms with Crippen molar-refractivity contribution >= 4 is 27.4 Å². The second-order valence-electron chi connectivity index (χ2n) is 7.08. The van der Waals surface area contributed by atoms with E-state index in [4.69, 9.17) is 5.10 Å². The van der Waals surface area contributed by atoms with Crippen LogP contribution in [0.5, 0.6) is 0 Å². The predicted molar refractivity (Wildman–Crippen MR) is 106 cm³/mol. The number of fused-ring (bicyclic) bond motifs is 1. The molecule has 2 N–H and O–H groups in total. The first-order valence-electron chi connectivity index (χ1n) is 9.15. The van der Waals surface area contributed by atoms with E-state index in [1.54, 1.807) is 0 Å². The van der Waals surface area contributed by atoms with Crippen LogP contribution in [0.4, 0.5) is 5.95 Å². The van der Waals surface area contributed by atoms with Crippen LogP contribution in [-0.4, -0.2) is 25.8 Å². The second kappa shape index (κ2) is 7.37. The Morgan fingerprint density at radius 1 is 1.19 bits per heavy atom. The van der Waals surface area contributed by atoms with Crippen molar-refractivity contribution in [1.29, 1.82) is 0 Å². The zero-order valence-corrected chi connectivity index (χ0v) is 16.4. The van der Waals surface area contributed by atoms with E-state index in [1.165, 1.54) is 11.3 Å². The van der Waals surface area contributed by atoms with Crippen molar-refractivity contribution in [2.75, 3.05) is 5.32 Å². The van der Waals surface area contributed by atoms with Gasteiger partial charge in [0.2, 0.25) is 5.95 Å². The molecule has 1 aliphatic rings. The fourth-order valence-corrected chi connectivity index (χ4v) is 4.23. The molecule has 1 saturated carbocycles. The summed E-state index contributed by atoms with van der Waals surface area (Å²) in [6.45, 7) is 2.11. The monoisotopic (exact) mass is 414 g/mol. The van der Waals surface area contributed by atoms with Gasteiger partial charge in [0.25, 0.3) is 0 Å². The van der Waals surface area contributed by atoms with Gasteiger partial charge in [0, 0.05) is 16.1 Å². The molecule has 2 heterocycles. The van der Waals surface area contributed by atoms with E-state index in [9.17, 15) is 5.11 Å². The summed E-state index contributed by atoms with van der Waals surface area (Å²) in [5.74, 6) is 1.04. The Balaban J connectivity index is 1.62. The fourth-order valence-electron chi connectivity index (χ4n) is 3.72. The Morgan fingerprint density at radius 3 is 2.65 bits per heavy atom. The SMILES string of the molecule is C[C@H](Nc1ncc2c(Br)cc(C3CCC(O)CC3)n2n1)c1ccccc1. The zero-order chi connectivity index (χ0) is 18.1. The third kappa shape index (κ3) is 3.48. The van der Waals surface area contributed by atoms with Gasteiger partial charge in [0.05, 0.1) is 23.9 Å². The lowest BCUT2D eigenvalue weighted by Crippen LogP contribution is -2.18. The van der Waals surface area contributed by atoms with Gasteiger partial charge in [-0.25, -0.2) is 9.50 Å². The molecule has 0 saturated heterocycles. The summed E-state index contributed by atoms with van der Waals surface area (Å²) in [5.41, 5.74) is 3.37. The highest BCUT2D eigenvalue weighted by Gasteiger charge is 2.24. The van der Waals surface area contributed by atoms with Gasteiger partial charge in [-0.05, 0) is 60.2 Å². The molecule has 0 bridgehead atoms. The van der Waals surface area contributed by atoms with Crippen LogP contribution in [0.25, 0.3) is 5.52 Å². The maximum Gasteiger partial charge on any atom is 0.241 e. The molecule has 1 atom stereocenters. The van der Waals surface area contributed by atoms with Crippen LogP contribution in [0, 0.1) is 0 Å². The molecule has 1 aromatic carbocycles. The number of halogens is 1. The first-order chi connectivity index (χ1) is 12.6. The van der Waals surface area contributed by atoms with Crippen molar-refractivity contribution in [3.05, 3.63) is 58.3 Å². The van der Waals surface area contributed by atoms with E-state index in [0.717, 1.165) is 35.7 Å². The minimum Gasteiger partial charge on any atom is -0.393 e. The lowest BCUT2D eigenvalue weighted by Gasteiger charge is -2.25. The van der Waals surface area contributed by atoms with Crippen LogP contribution in [0.2, 0.25) is 0 Å². The Hall–Kier alpha value is -1.92. The molecule has 0 spiro atoms. The number of nitrogens with one attached hydrogen (secondary N) is 1. The van der Waals surface area contributed by atoms with Crippen molar-refractivity contribution in [2.24, 2.45) is 0 Å². The number of hydrogen-bond acceptors (Lipinski definition) is 4. The van der Waals surface area contributed by atoms with E-state index >= 15 is 0 Å². The molecule has 136 valence electrons. The van der Waals surface area contributed by atoms with Gasteiger partial charge in [-0.2, -0.15) is 0 Å². The number of nitrogens with zero attached hydrogens (tertiary/aromatic N) is 3. The molecule has 3 aromatic rings. The molecule has 26 heavy (non-hydrogen) atoms. The zero-order valence-electron chi connectivity index (χ0n) is 14.8. The summed E-state index contributed by atoms with van der Waals surface area (Å²) in [7, 11) is 0. The van der Waals surface area contributed by atoms with E-state index in [2.05, 4.69) is 51.4 Å². The van der Waals surface area contributed by atoms with Crippen molar-refractivity contribution in [3.63, 3.8) is 0 Å². The summed E-state index contributed by atoms with van der Waals surface area (Å²) in [4.78, 5) is 4.49. The Bertz CT molecular complexity index is 887. The summed E-state index contributed by atoms with van der Waals surface area (Å²) >= 11 is 3.64. The van der Waals surface area contributed by atoms with Gasteiger partial charge in [0.1, 0.15) is 0 Å². The van der Waals surface area contributed by atoms with Crippen molar-refractivity contribution in [3.8, 4) is 0 Å². The van der Waals surface area contributed by atoms with Crippen LogP contribution in [0.1, 0.15) is 55.8 Å². The van der Waals surface area contributed by atoms with E-state index in [1.807, 2.05) is 28.9 Å². The van der Waals surface area contributed by atoms with E-state index in [-0.39, 0.29) is 12.1 Å². The normalized spacial score (nSPS) is 21.7. The second-order valence-corrected chi connectivity index (χ2v) is 7.93. The van der Waals surface area contributed by atoms with Crippen molar-refractivity contribution in [1.82, 2.24) is 14.6 Å². The third-order valence-corrected chi connectivity index (χ3v) is 5.89. The lowest BCUT2D eigenvalue weighted by molar-refractivity contribution is 0.121. The summed E-state index contributed by atoms with van der Waals surface area (Å²) in [6, 6.07) is 12.6. The van der Waals surface area contributed by atoms with Gasteiger partial charge in [-0.3, -0.25) is 0 Å². The maximum absolute atomic E-state index is 9.79. The van der Waals surface area contributed by atoms with Gasteiger partial charge in [0.15, 0.2) is 0 Å². The van der Waals surface area contributed by atoms with Gasteiger partial charge in [-0.15, -0.1) is 5.10 Å². The van der Waals surface area contributed by atoms with E-state index < -0.39 is 0 Å². The number of benzene rings is 1. The lowest BCUT2D eigenvalue weighted by atomic mass is 9.85. The molecular formula is C20H23BrN4O. The minimum absolute atomic E-state index is 0.126. The first kappa shape index (κ1) is 17.5. The molecule has 5 nitrogen and oxygen atoms in total. The highest BCUT2D eigenvalue weighted by atomic mass is 79.9. The number of aliphatic hydroxyl groups excluding tert-OH is 1.